The van der Waals surface area contributed by atoms with Crippen molar-refractivity contribution in [3.63, 3.8) is 0 Å². The third-order valence-electron chi connectivity index (χ3n) is 2.34. The van der Waals surface area contributed by atoms with E-state index in [1.54, 1.807) is 7.11 Å². The average Bonchev–Trinajstić information content (AvgIpc) is 2.09. The van der Waals surface area contributed by atoms with Crippen molar-refractivity contribution in [3.8, 4) is 0 Å². The molecule has 0 bridgehead atoms. The van der Waals surface area contributed by atoms with Crippen molar-refractivity contribution < 1.29 is 4.74 Å². The molecule has 0 aliphatic carbocycles. The molecule has 0 spiro atoms. The molecule has 0 aromatic carbocycles. The molecule has 1 N–H and O–H groups in total. The molecule has 0 aromatic rings. The number of rotatable bonds is 8. The van der Waals surface area contributed by atoms with Crippen LogP contribution in [0.3, 0.4) is 0 Å². The van der Waals surface area contributed by atoms with Crippen LogP contribution in [0.4, 0.5) is 0 Å². The van der Waals surface area contributed by atoms with Gasteiger partial charge in [0.1, 0.15) is 0 Å². The number of ether oxygens (including phenoxy) is 1. The molecule has 0 rings (SSSR count). The highest BCUT2D eigenvalue weighted by molar-refractivity contribution is 4.69. The van der Waals surface area contributed by atoms with Crippen LogP contribution in [0.25, 0.3) is 0 Å². The third-order valence-corrected chi connectivity index (χ3v) is 2.34. The van der Waals surface area contributed by atoms with Crippen LogP contribution in [0.5, 0.6) is 0 Å². The molecule has 14 heavy (non-hydrogen) atoms. The van der Waals surface area contributed by atoms with Gasteiger partial charge in [0.2, 0.25) is 0 Å². The van der Waals surface area contributed by atoms with E-state index in [-0.39, 0.29) is 0 Å². The Morgan fingerprint density at radius 1 is 1.29 bits per heavy atom. The monoisotopic (exact) mass is 202 g/mol. The van der Waals surface area contributed by atoms with Crippen LogP contribution in [-0.2, 0) is 4.74 Å². The lowest BCUT2D eigenvalue weighted by Gasteiger charge is -2.22. The van der Waals surface area contributed by atoms with Gasteiger partial charge in [-0.1, -0.05) is 13.8 Å². The Hall–Kier alpha value is -0.120. The van der Waals surface area contributed by atoms with Gasteiger partial charge in [-0.3, -0.25) is 0 Å². The highest BCUT2D eigenvalue weighted by Crippen LogP contribution is 2.01. The molecule has 0 saturated heterocycles. The third kappa shape index (κ3) is 7.30. The fraction of sp³-hybridized carbons (Fsp3) is 1.00. The molecule has 3 nitrogen and oxygen atoms in total. The Balaban J connectivity index is 3.50. The lowest BCUT2D eigenvalue weighted by molar-refractivity contribution is 0.146. The summed E-state index contributed by atoms with van der Waals surface area (Å²) >= 11 is 0. The van der Waals surface area contributed by atoms with Gasteiger partial charge in [-0.15, -0.1) is 0 Å². The maximum Gasteiger partial charge on any atom is 0.0618 e. The molecule has 0 saturated carbocycles. The van der Waals surface area contributed by atoms with Crippen molar-refractivity contribution in [1.29, 1.82) is 0 Å². The Morgan fingerprint density at radius 2 is 1.93 bits per heavy atom. The van der Waals surface area contributed by atoms with E-state index in [0.717, 1.165) is 19.7 Å². The van der Waals surface area contributed by atoms with Gasteiger partial charge in [-0.25, -0.2) is 0 Å². The molecule has 1 unspecified atom stereocenters. The first-order chi connectivity index (χ1) is 6.57. The number of nitrogens with one attached hydrogen (secondary N) is 1. The minimum Gasteiger partial charge on any atom is -0.383 e. The minimum atomic E-state index is 0.488. The summed E-state index contributed by atoms with van der Waals surface area (Å²) in [6.07, 6.45) is 1.19. The zero-order valence-corrected chi connectivity index (χ0v) is 10.3. The average molecular weight is 202 g/mol. The summed E-state index contributed by atoms with van der Waals surface area (Å²) in [6, 6.07) is 0.488. The number of nitrogens with zero attached hydrogens (tertiary/aromatic N) is 1. The van der Waals surface area contributed by atoms with Gasteiger partial charge in [-0.05, 0) is 39.5 Å². The van der Waals surface area contributed by atoms with E-state index in [0.29, 0.717) is 12.0 Å². The molecule has 0 heterocycles. The first kappa shape index (κ1) is 13.9. The van der Waals surface area contributed by atoms with Crippen LogP contribution in [0.2, 0.25) is 0 Å². The Morgan fingerprint density at radius 3 is 2.36 bits per heavy atom. The van der Waals surface area contributed by atoms with E-state index in [1.165, 1.54) is 6.42 Å². The smallest absolute Gasteiger partial charge is 0.0618 e. The summed E-state index contributed by atoms with van der Waals surface area (Å²) < 4.78 is 5.17. The number of hydrogen-bond donors (Lipinski definition) is 1. The summed E-state index contributed by atoms with van der Waals surface area (Å²) in [5.74, 6) is 0.634. The molecule has 1 atom stereocenters. The zero-order valence-electron chi connectivity index (χ0n) is 10.3. The van der Waals surface area contributed by atoms with Crippen LogP contribution >= 0.6 is 0 Å². The van der Waals surface area contributed by atoms with Crippen LogP contribution in [0.15, 0.2) is 0 Å². The van der Waals surface area contributed by atoms with E-state index in [2.05, 4.69) is 38.2 Å². The van der Waals surface area contributed by atoms with Crippen molar-refractivity contribution >= 4 is 0 Å². The van der Waals surface area contributed by atoms with E-state index >= 15 is 0 Å². The normalized spacial score (nSPS) is 13.9. The SMILES string of the molecule is COCC(NCCCN(C)C)C(C)C. The summed E-state index contributed by atoms with van der Waals surface area (Å²) in [5.41, 5.74) is 0. The first-order valence-electron chi connectivity index (χ1n) is 5.45. The van der Waals surface area contributed by atoms with Gasteiger partial charge >= 0.3 is 0 Å². The second-order valence-corrected chi connectivity index (χ2v) is 4.42. The molecular formula is C11H26N2O. The second-order valence-electron chi connectivity index (χ2n) is 4.42. The van der Waals surface area contributed by atoms with E-state index in [9.17, 15) is 0 Å². The molecule has 0 amide bonds. The van der Waals surface area contributed by atoms with Crippen molar-refractivity contribution in [2.75, 3.05) is 40.9 Å². The standard InChI is InChI=1S/C11H26N2O/c1-10(2)11(9-14-5)12-7-6-8-13(3)4/h10-12H,6-9H2,1-5H3. The number of hydrogen-bond acceptors (Lipinski definition) is 3. The summed E-state index contributed by atoms with van der Waals surface area (Å²) in [7, 11) is 5.97. The van der Waals surface area contributed by atoms with E-state index in [1.807, 2.05) is 0 Å². The quantitative estimate of drug-likeness (QED) is 0.599. The lowest BCUT2D eigenvalue weighted by Crippen LogP contribution is -2.38. The molecule has 0 aliphatic rings. The van der Waals surface area contributed by atoms with Gasteiger partial charge < -0.3 is 15.0 Å². The maximum absolute atomic E-state index is 5.17. The maximum atomic E-state index is 5.17. The van der Waals surface area contributed by atoms with Gasteiger partial charge in [0.25, 0.3) is 0 Å². The Labute approximate surface area is 88.8 Å². The summed E-state index contributed by atoms with van der Waals surface area (Å²) in [5, 5.41) is 3.52. The molecular weight excluding hydrogens is 176 g/mol. The minimum absolute atomic E-state index is 0.488. The molecule has 0 radical (unpaired) electrons. The van der Waals surface area contributed by atoms with Crippen LogP contribution in [-0.4, -0.2) is 51.8 Å². The Bertz CT molecular complexity index is 126. The van der Waals surface area contributed by atoms with E-state index < -0.39 is 0 Å². The summed E-state index contributed by atoms with van der Waals surface area (Å²) in [6.45, 7) is 7.47. The molecule has 0 fully saturated rings. The van der Waals surface area contributed by atoms with Crippen molar-refractivity contribution in [2.45, 2.75) is 26.3 Å². The molecule has 3 heteroatoms. The van der Waals surface area contributed by atoms with Gasteiger partial charge in [0, 0.05) is 13.2 Å². The van der Waals surface area contributed by atoms with Gasteiger partial charge in [-0.2, -0.15) is 0 Å². The predicted molar refractivity (Wildman–Crippen MR) is 61.7 cm³/mol. The first-order valence-corrected chi connectivity index (χ1v) is 5.45. The van der Waals surface area contributed by atoms with Crippen molar-refractivity contribution in [2.24, 2.45) is 5.92 Å². The van der Waals surface area contributed by atoms with Crippen LogP contribution < -0.4 is 5.32 Å². The fourth-order valence-electron chi connectivity index (χ4n) is 1.35. The van der Waals surface area contributed by atoms with Gasteiger partial charge in [0.15, 0.2) is 0 Å². The van der Waals surface area contributed by atoms with E-state index in [4.69, 9.17) is 4.74 Å². The van der Waals surface area contributed by atoms with Crippen molar-refractivity contribution in [1.82, 2.24) is 10.2 Å². The fourth-order valence-corrected chi connectivity index (χ4v) is 1.35. The van der Waals surface area contributed by atoms with Crippen LogP contribution in [0.1, 0.15) is 20.3 Å². The molecule has 0 aromatic heterocycles. The van der Waals surface area contributed by atoms with Crippen LogP contribution in [0, 0.1) is 5.92 Å². The Kier molecular flexibility index (Phi) is 8.14. The highest BCUT2D eigenvalue weighted by Gasteiger charge is 2.11. The largest absolute Gasteiger partial charge is 0.383 e. The van der Waals surface area contributed by atoms with Gasteiger partial charge in [0.05, 0.1) is 6.61 Å². The molecule has 86 valence electrons. The summed E-state index contributed by atoms with van der Waals surface area (Å²) in [4.78, 5) is 2.21. The number of methoxy groups -OCH3 is 1. The highest BCUT2D eigenvalue weighted by atomic mass is 16.5. The predicted octanol–water partition coefficient (Wildman–Crippen LogP) is 1.20. The second kappa shape index (κ2) is 8.21. The lowest BCUT2D eigenvalue weighted by atomic mass is 10.1. The topological polar surface area (TPSA) is 24.5 Å². The zero-order chi connectivity index (χ0) is 11.0. The van der Waals surface area contributed by atoms with Crippen molar-refractivity contribution in [3.05, 3.63) is 0 Å². The molecule has 0 aliphatic heterocycles.